The van der Waals surface area contributed by atoms with E-state index in [9.17, 15) is 14.7 Å². The highest BCUT2D eigenvalue weighted by Gasteiger charge is 2.23. The van der Waals surface area contributed by atoms with Gasteiger partial charge >= 0.3 is 5.97 Å². The molecule has 6 heteroatoms. The Labute approximate surface area is 150 Å². The molecule has 0 aliphatic carbocycles. The molecular formula is C20H20N2O4. The van der Waals surface area contributed by atoms with Gasteiger partial charge < -0.3 is 20.1 Å². The van der Waals surface area contributed by atoms with E-state index in [4.69, 9.17) is 4.74 Å². The lowest BCUT2D eigenvalue weighted by Gasteiger charge is -2.16. The Morgan fingerprint density at radius 3 is 2.65 bits per heavy atom. The van der Waals surface area contributed by atoms with Gasteiger partial charge in [-0.15, -0.1) is 0 Å². The Hall–Kier alpha value is -3.28. The Balaban J connectivity index is 1.81. The van der Waals surface area contributed by atoms with Crippen LogP contribution in [0.5, 0.6) is 5.75 Å². The van der Waals surface area contributed by atoms with Crippen molar-refractivity contribution in [2.24, 2.45) is 0 Å². The number of aromatic amines is 1. The summed E-state index contributed by atoms with van der Waals surface area (Å²) in [6, 6.07) is 13.4. The molecule has 0 radical (unpaired) electrons. The van der Waals surface area contributed by atoms with Crippen LogP contribution in [0.2, 0.25) is 0 Å². The second kappa shape index (κ2) is 7.74. The summed E-state index contributed by atoms with van der Waals surface area (Å²) in [5, 5.41) is 13.1. The lowest BCUT2D eigenvalue weighted by Crippen LogP contribution is -2.42. The number of aliphatic carboxylic acids is 1. The van der Waals surface area contributed by atoms with Crippen molar-refractivity contribution < 1.29 is 19.4 Å². The van der Waals surface area contributed by atoms with E-state index in [0.29, 0.717) is 17.9 Å². The number of carbonyl (C=O) groups is 2. The van der Waals surface area contributed by atoms with Crippen LogP contribution in [0.4, 0.5) is 0 Å². The Morgan fingerprint density at radius 1 is 1.15 bits per heavy atom. The van der Waals surface area contributed by atoms with Gasteiger partial charge in [0.2, 0.25) is 0 Å². The van der Waals surface area contributed by atoms with E-state index in [2.05, 4.69) is 10.3 Å². The number of carboxylic acids is 1. The van der Waals surface area contributed by atoms with Crippen LogP contribution in [0, 0.1) is 0 Å². The standard InChI is InChI=1S/C20H20N2O4/c1-2-26-18-10-6-4-8-15(18)19(23)22-17(20(24)25)11-13-12-21-16-9-5-3-7-14(13)16/h3-10,12,17,21H,2,11H2,1H3,(H,22,23)(H,24,25)/t17-/m1/s1. The smallest absolute Gasteiger partial charge is 0.326 e. The largest absolute Gasteiger partial charge is 0.493 e. The minimum Gasteiger partial charge on any atom is -0.493 e. The molecule has 0 spiro atoms. The summed E-state index contributed by atoms with van der Waals surface area (Å²) in [5.41, 5.74) is 2.09. The first-order chi connectivity index (χ1) is 12.6. The molecule has 3 aromatic rings. The summed E-state index contributed by atoms with van der Waals surface area (Å²) in [6.45, 7) is 2.24. The number of benzene rings is 2. The predicted molar refractivity (Wildman–Crippen MR) is 98.5 cm³/mol. The fourth-order valence-corrected chi connectivity index (χ4v) is 2.89. The SMILES string of the molecule is CCOc1ccccc1C(=O)N[C@H](Cc1c[nH]c2ccccc12)C(=O)O. The number of hydrogen-bond donors (Lipinski definition) is 3. The Bertz CT molecular complexity index is 932. The molecule has 134 valence electrons. The van der Waals surface area contributed by atoms with Gasteiger partial charge in [0.25, 0.3) is 5.91 Å². The molecule has 1 heterocycles. The highest BCUT2D eigenvalue weighted by molar-refractivity contribution is 5.99. The zero-order chi connectivity index (χ0) is 18.5. The molecule has 0 unspecified atom stereocenters. The number of H-pyrrole nitrogens is 1. The molecule has 1 aromatic heterocycles. The van der Waals surface area contributed by atoms with Crippen molar-refractivity contribution in [3.63, 3.8) is 0 Å². The third kappa shape index (κ3) is 3.69. The average Bonchev–Trinajstić information content (AvgIpc) is 3.05. The molecule has 3 rings (SSSR count). The average molecular weight is 352 g/mol. The van der Waals surface area contributed by atoms with E-state index in [1.807, 2.05) is 31.2 Å². The Morgan fingerprint density at radius 2 is 1.88 bits per heavy atom. The summed E-state index contributed by atoms with van der Waals surface area (Å²) < 4.78 is 5.45. The zero-order valence-corrected chi connectivity index (χ0v) is 14.4. The minimum absolute atomic E-state index is 0.182. The molecule has 2 aromatic carbocycles. The van der Waals surface area contributed by atoms with Gasteiger partial charge in [-0.05, 0) is 30.7 Å². The van der Waals surface area contributed by atoms with Gasteiger partial charge in [0.15, 0.2) is 0 Å². The number of fused-ring (bicyclic) bond motifs is 1. The van der Waals surface area contributed by atoms with E-state index in [-0.39, 0.29) is 6.42 Å². The summed E-state index contributed by atoms with van der Waals surface area (Å²) in [4.78, 5) is 27.4. The maximum absolute atomic E-state index is 12.6. The number of carbonyl (C=O) groups excluding carboxylic acids is 1. The van der Waals surface area contributed by atoms with E-state index in [1.165, 1.54) is 0 Å². The van der Waals surface area contributed by atoms with Gasteiger partial charge in [0.05, 0.1) is 12.2 Å². The minimum atomic E-state index is -1.09. The third-order valence-electron chi connectivity index (χ3n) is 4.13. The maximum atomic E-state index is 12.6. The molecule has 1 amide bonds. The fraction of sp³-hybridized carbons (Fsp3) is 0.200. The summed E-state index contributed by atoms with van der Waals surface area (Å²) >= 11 is 0. The molecule has 0 bridgehead atoms. The number of ether oxygens (including phenoxy) is 1. The van der Waals surface area contributed by atoms with Gasteiger partial charge in [-0.25, -0.2) is 4.79 Å². The first-order valence-electron chi connectivity index (χ1n) is 8.40. The molecule has 0 saturated heterocycles. The number of aromatic nitrogens is 1. The van der Waals surface area contributed by atoms with Crippen molar-refractivity contribution in [3.05, 3.63) is 65.9 Å². The molecular weight excluding hydrogens is 332 g/mol. The fourth-order valence-electron chi connectivity index (χ4n) is 2.89. The van der Waals surface area contributed by atoms with Crippen LogP contribution >= 0.6 is 0 Å². The maximum Gasteiger partial charge on any atom is 0.326 e. The zero-order valence-electron chi connectivity index (χ0n) is 14.4. The van der Waals surface area contributed by atoms with Crippen LogP contribution in [0.15, 0.2) is 54.7 Å². The second-order valence-electron chi connectivity index (χ2n) is 5.86. The van der Waals surface area contributed by atoms with Crippen LogP contribution in [-0.2, 0) is 11.2 Å². The van der Waals surface area contributed by atoms with Crippen LogP contribution in [-0.4, -0.2) is 34.6 Å². The van der Waals surface area contributed by atoms with Gasteiger partial charge in [-0.2, -0.15) is 0 Å². The van der Waals surface area contributed by atoms with Crippen molar-refractivity contribution in [3.8, 4) is 5.75 Å². The molecule has 0 aliphatic heterocycles. The van der Waals surface area contributed by atoms with Crippen LogP contribution in [0.3, 0.4) is 0 Å². The number of hydrogen-bond acceptors (Lipinski definition) is 3. The van der Waals surface area contributed by atoms with Crippen molar-refractivity contribution >= 4 is 22.8 Å². The number of carboxylic acid groups (broad SMARTS) is 1. The van der Waals surface area contributed by atoms with Crippen LogP contribution in [0.25, 0.3) is 10.9 Å². The Kier molecular flexibility index (Phi) is 5.22. The molecule has 6 nitrogen and oxygen atoms in total. The summed E-state index contributed by atoms with van der Waals surface area (Å²) in [5.74, 6) is -1.12. The van der Waals surface area contributed by atoms with E-state index in [0.717, 1.165) is 16.5 Å². The lowest BCUT2D eigenvalue weighted by molar-refractivity contribution is -0.139. The van der Waals surface area contributed by atoms with Gasteiger partial charge in [-0.1, -0.05) is 30.3 Å². The quantitative estimate of drug-likeness (QED) is 0.610. The monoisotopic (exact) mass is 352 g/mol. The second-order valence-corrected chi connectivity index (χ2v) is 5.86. The number of amides is 1. The van der Waals surface area contributed by atoms with Crippen molar-refractivity contribution in [1.82, 2.24) is 10.3 Å². The first-order valence-corrected chi connectivity index (χ1v) is 8.40. The normalized spacial score (nSPS) is 11.9. The number of rotatable bonds is 7. The van der Waals surface area contributed by atoms with Gasteiger partial charge in [0.1, 0.15) is 11.8 Å². The molecule has 0 aliphatic rings. The molecule has 26 heavy (non-hydrogen) atoms. The molecule has 3 N–H and O–H groups in total. The lowest BCUT2D eigenvalue weighted by atomic mass is 10.0. The van der Waals surface area contributed by atoms with Crippen LogP contribution < -0.4 is 10.1 Å². The highest BCUT2D eigenvalue weighted by Crippen LogP contribution is 2.21. The number of para-hydroxylation sites is 2. The summed E-state index contributed by atoms with van der Waals surface area (Å²) in [6.07, 6.45) is 1.96. The van der Waals surface area contributed by atoms with E-state index < -0.39 is 17.9 Å². The number of nitrogens with one attached hydrogen (secondary N) is 2. The van der Waals surface area contributed by atoms with Gasteiger partial charge in [0, 0.05) is 23.5 Å². The van der Waals surface area contributed by atoms with Crippen molar-refractivity contribution in [1.29, 1.82) is 0 Å². The highest BCUT2D eigenvalue weighted by atomic mass is 16.5. The topological polar surface area (TPSA) is 91.4 Å². The van der Waals surface area contributed by atoms with Crippen LogP contribution in [0.1, 0.15) is 22.8 Å². The molecule has 0 fully saturated rings. The molecule has 1 atom stereocenters. The van der Waals surface area contributed by atoms with E-state index >= 15 is 0 Å². The molecule has 0 saturated carbocycles. The van der Waals surface area contributed by atoms with Gasteiger partial charge in [-0.3, -0.25) is 4.79 Å². The summed E-state index contributed by atoms with van der Waals surface area (Å²) in [7, 11) is 0. The first kappa shape index (κ1) is 17.5. The van der Waals surface area contributed by atoms with Crippen molar-refractivity contribution in [2.75, 3.05) is 6.61 Å². The third-order valence-corrected chi connectivity index (χ3v) is 4.13. The van der Waals surface area contributed by atoms with Crippen molar-refractivity contribution in [2.45, 2.75) is 19.4 Å². The predicted octanol–water partition coefficient (Wildman–Crippen LogP) is 2.99. The van der Waals surface area contributed by atoms with E-state index in [1.54, 1.807) is 30.5 Å².